The maximum absolute atomic E-state index is 12.4. The van der Waals surface area contributed by atoms with Gasteiger partial charge in [-0.15, -0.1) is 11.8 Å². The van der Waals surface area contributed by atoms with Gasteiger partial charge in [-0.25, -0.2) is 4.98 Å². The number of nitrogens with zero attached hydrogens (tertiary/aromatic N) is 2. The monoisotopic (exact) mass is 311 g/mol. The van der Waals surface area contributed by atoms with Crippen LogP contribution in [0.5, 0.6) is 0 Å². The molecule has 0 aliphatic heterocycles. The Balaban J connectivity index is 1.79. The summed E-state index contributed by atoms with van der Waals surface area (Å²) in [4.78, 5) is 17.9. The Morgan fingerprint density at radius 2 is 1.91 bits per heavy atom. The Bertz CT molecular complexity index is 795. The maximum atomic E-state index is 12.4. The molecule has 1 amide bonds. The van der Waals surface area contributed by atoms with Crippen LogP contribution in [0.2, 0.25) is 0 Å². The Hall–Kier alpha value is -2.27. The van der Waals surface area contributed by atoms with Gasteiger partial charge in [0, 0.05) is 10.6 Å². The molecular formula is C17H17N3OS. The predicted molar refractivity (Wildman–Crippen MR) is 91.3 cm³/mol. The van der Waals surface area contributed by atoms with Crippen LogP contribution in [0.3, 0.4) is 0 Å². The molecule has 3 aromatic rings. The van der Waals surface area contributed by atoms with E-state index in [9.17, 15) is 4.79 Å². The van der Waals surface area contributed by atoms with Crippen LogP contribution in [0.1, 0.15) is 13.0 Å². The Labute approximate surface area is 133 Å². The lowest BCUT2D eigenvalue weighted by molar-refractivity contribution is -0.118. The molecule has 0 spiro atoms. The van der Waals surface area contributed by atoms with Crippen molar-refractivity contribution in [1.82, 2.24) is 9.55 Å². The van der Waals surface area contributed by atoms with Gasteiger partial charge >= 0.3 is 0 Å². The van der Waals surface area contributed by atoms with Crippen molar-refractivity contribution in [2.24, 2.45) is 0 Å². The molecule has 1 unspecified atom stereocenters. The van der Waals surface area contributed by atoms with Crippen molar-refractivity contribution < 1.29 is 4.79 Å². The standard InChI is InChI=1S/C17H17N3OS/c1-12(20-11-18-15-5-3-4-6-16(15)20)17(21)19-13-7-9-14(22-2)10-8-13/h3-12H,1-2H3,(H,19,21). The summed E-state index contributed by atoms with van der Waals surface area (Å²) in [6.07, 6.45) is 3.74. The van der Waals surface area contributed by atoms with Crippen molar-refractivity contribution >= 4 is 34.4 Å². The van der Waals surface area contributed by atoms with Gasteiger partial charge in [0.25, 0.3) is 0 Å². The van der Waals surface area contributed by atoms with Crippen LogP contribution in [-0.4, -0.2) is 21.7 Å². The fourth-order valence-electron chi connectivity index (χ4n) is 2.33. The van der Waals surface area contributed by atoms with E-state index in [1.165, 1.54) is 4.90 Å². The summed E-state index contributed by atoms with van der Waals surface area (Å²) in [7, 11) is 0. The average molecular weight is 311 g/mol. The molecule has 1 aromatic heterocycles. The number of carbonyl (C=O) groups excluding carboxylic acids is 1. The number of para-hydroxylation sites is 2. The molecule has 4 nitrogen and oxygen atoms in total. The first-order valence-corrected chi connectivity index (χ1v) is 8.28. The summed E-state index contributed by atoms with van der Waals surface area (Å²) in [5, 5.41) is 2.95. The largest absolute Gasteiger partial charge is 0.324 e. The second-order valence-electron chi connectivity index (χ2n) is 5.03. The molecule has 22 heavy (non-hydrogen) atoms. The molecule has 2 aromatic carbocycles. The molecule has 1 N–H and O–H groups in total. The quantitative estimate of drug-likeness (QED) is 0.742. The van der Waals surface area contributed by atoms with Crippen LogP contribution in [-0.2, 0) is 4.79 Å². The zero-order chi connectivity index (χ0) is 15.5. The lowest BCUT2D eigenvalue weighted by Crippen LogP contribution is -2.23. The lowest BCUT2D eigenvalue weighted by atomic mass is 10.2. The fourth-order valence-corrected chi connectivity index (χ4v) is 2.74. The van der Waals surface area contributed by atoms with E-state index >= 15 is 0 Å². The van der Waals surface area contributed by atoms with Crippen molar-refractivity contribution in [3.8, 4) is 0 Å². The van der Waals surface area contributed by atoms with Crippen LogP contribution in [0.4, 0.5) is 5.69 Å². The van der Waals surface area contributed by atoms with Crippen molar-refractivity contribution in [3.05, 3.63) is 54.9 Å². The van der Waals surface area contributed by atoms with Crippen LogP contribution in [0.15, 0.2) is 59.8 Å². The number of nitrogens with one attached hydrogen (secondary N) is 1. The van der Waals surface area contributed by atoms with Gasteiger partial charge in [0.2, 0.25) is 5.91 Å². The van der Waals surface area contributed by atoms with Crippen molar-refractivity contribution in [2.75, 3.05) is 11.6 Å². The topological polar surface area (TPSA) is 46.9 Å². The number of thioether (sulfide) groups is 1. The lowest BCUT2D eigenvalue weighted by Gasteiger charge is -2.14. The number of hydrogen-bond acceptors (Lipinski definition) is 3. The third kappa shape index (κ3) is 2.85. The molecule has 0 saturated heterocycles. The zero-order valence-corrected chi connectivity index (χ0v) is 13.3. The van der Waals surface area contributed by atoms with E-state index in [0.717, 1.165) is 16.7 Å². The van der Waals surface area contributed by atoms with Crippen molar-refractivity contribution in [1.29, 1.82) is 0 Å². The minimum atomic E-state index is -0.326. The summed E-state index contributed by atoms with van der Waals surface area (Å²) in [6, 6.07) is 15.3. The third-order valence-electron chi connectivity index (χ3n) is 3.64. The first kappa shape index (κ1) is 14.7. The van der Waals surface area contributed by atoms with Gasteiger partial charge in [0.1, 0.15) is 6.04 Å². The average Bonchev–Trinajstić information content (AvgIpc) is 2.99. The Kier molecular flexibility index (Phi) is 4.15. The minimum absolute atomic E-state index is 0.0555. The van der Waals surface area contributed by atoms with Crippen molar-refractivity contribution in [2.45, 2.75) is 17.9 Å². The summed E-state index contributed by atoms with van der Waals surface area (Å²) in [5.41, 5.74) is 2.66. The van der Waals surface area contributed by atoms with Crippen LogP contribution in [0, 0.1) is 0 Å². The molecule has 1 atom stereocenters. The summed E-state index contributed by atoms with van der Waals surface area (Å²) < 4.78 is 1.89. The predicted octanol–water partition coefficient (Wildman–Crippen LogP) is 3.96. The molecule has 0 aliphatic rings. The zero-order valence-electron chi connectivity index (χ0n) is 12.5. The first-order valence-electron chi connectivity index (χ1n) is 7.05. The molecular weight excluding hydrogens is 294 g/mol. The van der Waals surface area contributed by atoms with Gasteiger partial charge in [-0.05, 0) is 49.6 Å². The number of benzene rings is 2. The van der Waals surface area contributed by atoms with Gasteiger partial charge in [-0.2, -0.15) is 0 Å². The number of anilines is 1. The maximum Gasteiger partial charge on any atom is 0.247 e. The number of carbonyl (C=O) groups is 1. The molecule has 0 bridgehead atoms. The van der Waals surface area contributed by atoms with Gasteiger partial charge in [0.15, 0.2) is 0 Å². The number of hydrogen-bond donors (Lipinski definition) is 1. The Morgan fingerprint density at radius 1 is 1.18 bits per heavy atom. The molecule has 3 rings (SSSR count). The van der Waals surface area contributed by atoms with Gasteiger partial charge in [0.05, 0.1) is 17.4 Å². The molecule has 1 heterocycles. The second kappa shape index (κ2) is 6.23. The van der Waals surface area contributed by atoms with E-state index in [2.05, 4.69) is 10.3 Å². The SMILES string of the molecule is CSc1ccc(NC(=O)C(C)n2cnc3ccccc32)cc1. The summed E-state index contributed by atoms with van der Waals surface area (Å²) in [5.74, 6) is -0.0555. The minimum Gasteiger partial charge on any atom is -0.324 e. The highest BCUT2D eigenvalue weighted by molar-refractivity contribution is 7.98. The highest BCUT2D eigenvalue weighted by Gasteiger charge is 2.17. The smallest absolute Gasteiger partial charge is 0.247 e. The van der Waals surface area contributed by atoms with E-state index in [1.807, 2.05) is 66.3 Å². The molecule has 0 fully saturated rings. The number of amides is 1. The van der Waals surface area contributed by atoms with Crippen LogP contribution >= 0.6 is 11.8 Å². The number of aromatic nitrogens is 2. The van der Waals surface area contributed by atoms with E-state index < -0.39 is 0 Å². The molecule has 0 saturated carbocycles. The Morgan fingerprint density at radius 3 is 2.64 bits per heavy atom. The number of fused-ring (bicyclic) bond motifs is 1. The van der Waals surface area contributed by atoms with Gasteiger partial charge in [-0.1, -0.05) is 12.1 Å². The summed E-state index contributed by atoms with van der Waals surface area (Å²) >= 11 is 1.68. The highest BCUT2D eigenvalue weighted by atomic mass is 32.2. The second-order valence-corrected chi connectivity index (χ2v) is 5.91. The highest BCUT2D eigenvalue weighted by Crippen LogP contribution is 2.20. The molecule has 0 aliphatic carbocycles. The third-order valence-corrected chi connectivity index (χ3v) is 4.38. The van der Waals surface area contributed by atoms with E-state index in [4.69, 9.17) is 0 Å². The van der Waals surface area contributed by atoms with Gasteiger partial charge in [-0.3, -0.25) is 4.79 Å². The molecule has 112 valence electrons. The molecule has 0 radical (unpaired) electrons. The van der Waals surface area contributed by atoms with E-state index in [0.29, 0.717) is 0 Å². The fraction of sp³-hybridized carbons (Fsp3) is 0.176. The molecule has 5 heteroatoms. The number of imidazole rings is 1. The van der Waals surface area contributed by atoms with E-state index in [-0.39, 0.29) is 11.9 Å². The normalized spacial score (nSPS) is 12.3. The van der Waals surface area contributed by atoms with Crippen LogP contribution < -0.4 is 5.32 Å². The van der Waals surface area contributed by atoms with Crippen molar-refractivity contribution in [3.63, 3.8) is 0 Å². The number of rotatable bonds is 4. The van der Waals surface area contributed by atoms with Crippen LogP contribution in [0.25, 0.3) is 11.0 Å². The van der Waals surface area contributed by atoms with E-state index in [1.54, 1.807) is 18.1 Å². The first-order chi connectivity index (χ1) is 10.7. The summed E-state index contributed by atoms with van der Waals surface area (Å²) in [6.45, 7) is 1.87. The van der Waals surface area contributed by atoms with Gasteiger partial charge < -0.3 is 9.88 Å².